The van der Waals surface area contributed by atoms with E-state index in [2.05, 4.69) is 5.32 Å². The highest BCUT2D eigenvalue weighted by Crippen LogP contribution is 2.27. The van der Waals surface area contributed by atoms with Crippen molar-refractivity contribution in [2.24, 2.45) is 5.92 Å². The van der Waals surface area contributed by atoms with Crippen molar-refractivity contribution in [3.05, 3.63) is 29.8 Å². The highest BCUT2D eigenvalue weighted by atomic mass is 16.5. The largest absolute Gasteiger partial charge is 0.455 e. The van der Waals surface area contributed by atoms with Crippen LogP contribution in [0, 0.1) is 17.2 Å². The number of hydrogen-bond acceptors (Lipinski definition) is 4. The summed E-state index contributed by atoms with van der Waals surface area (Å²) in [4.78, 5) is 23.0. The minimum atomic E-state index is -0.400. The molecule has 2 rings (SSSR count). The van der Waals surface area contributed by atoms with E-state index >= 15 is 0 Å². The van der Waals surface area contributed by atoms with E-state index < -0.39 is 5.91 Å². The maximum atomic E-state index is 11.6. The molecule has 0 saturated heterocycles. The Kier molecular flexibility index (Phi) is 4.14. The molecule has 0 aromatic heterocycles. The molecule has 0 aliphatic heterocycles. The van der Waals surface area contributed by atoms with Gasteiger partial charge in [0.2, 0.25) is 0 Å². The Morgan fingerprint density at radius 3 is 2.84 bits per heavy atom. The molecule has 1 saturated carbocycles. The number of carbonyl (C=O) groups is 2. The highest BCUT2D eigenvalue weighted by molar-refractivity contribution is 5.93. The molecule has 19 heavy (non-hydrogen) atoms. The zero-order chi connectivity index (χ0) is 13.7. The monoisotopic (exact) mass is 258 g/mol. The molecule has 0 radical (unpaired) electrons. The van der Waals surface area contributed by atoms with Gasteiger partial charge in [-0.05, 0) is 31.0 Å². The highest BCUT2D eigenvalue weighted by Gasteiger charge is 2.27. The summed E-state index contributed by atoms with van der Waals surface area (Å²) in [6, 6.07) is 8.54. The summed E-state index contributed by atoms with van der Waals surface area (Å²) >= 11 is 0. The van der Waals surface area contributed by atoms with Crippen LogP contribution in [0.25, 0.3) is 0 Å². The number of rotatable bonds is 4. The number of nitriles is 1. The van der Waals surface area contributed by atoms with Crippen LogP contribution in [-0.2, 0) is 14.3 Å². The van der Waals surface area contributed by atoms with Gasteiger partial charge in [0.25, 0.3) is 5.91 Å². The molecule has 1 amide bonds. The first-order valence-corrected chi connectivity index (χ1v) is 6.15. The van der Waals surface area contributed by atoms with Gasteiger partial charge in [-0.15, -0.1) is 0 Å². The number of hydrogen-bond donors (Lipinski definition) is 1. The van der Waals surface area contributed by atoms with Crippen molar-refractivity contribution in [3.63, 3.8) is 0 Å². The van der Waals surface area contributed by atoms with Crippen molar-refractivity contribution in [2.75, 3.05) is 11.9 Å². The van der Waals surface area contributed by atoms with Crippen LogP contribution in [0.2, 0.25) is 0 Å². The minimum Gasteiger partial charge on any atom is -0.455 e. The molecule has 1 fully saturated rings. The number of nitrogens with one attached hydrogen (secondary N) is 1. The first-order valence-electron chi connectivity index (χ1n) is 6.15. The van der Waals surface area contributed by atoms with E-state index in [1.165, 1.54) is 0 Å². The van der Waals surface area contributed by atoms with Gasteiger partial charge in [-0.25, -0.2) is 0 Å². The lowest BCUT2D eigenvalue weighted by atomic mass is 9.86. The lowest BCUT2D eigenvalue weighted by Gasteiger charge is -2.22. The average Bonchev–Trinajstić information content (AvgIpc) is 2.34. The third-order valence-electron chi connectivity index (χ3n) is 3.06. The minimum absolute atomic E-state index is 0.0327. The number of benzene rings is 1. The van der Waals surface area contributed by atoms with Gasteiger partial charge in [0.05, 0.1) is 17.6 Å². The first kappa shape index (κ1) is 13.1. The second-order valence-electron chi connectivity index (χ2n) is 4.48. The van der Waals surface area contributed by atoms with Crippen molar-refractivity contribution >= 4 is 17.6 Å². The summed E-state index contributed by atoms with van der Waals surface area (Å²) in [5.74, 6) is -0.732. The fourth-order valence-corrected chi connectivity index (χ4v) is 1.76. The predicted molar refractivity (Wildman–Crippen MR) is 68.1 cm³/mol. The van der Waals surface area contributed by atoms with E-state index in [-0.39, 0.29) is 18.5 Å². The number of anilines is 1. The molecule has 5 heteroatoms. The van der Waals surface area contributed by atoms with Gasteiger partial charge in [-0.3, -0.25) is 9.59 Å². The molecule has 0 spiro atoms. The molecule has 0 unspecified atom stereocenters. The normalized spacial score (nSPS) is 14.1. The van der Waals surface area contributed by atoms with Crippen molar-refractivity contribution in [1.29, 1.82) is 5.26 Å². The summed E-state index contributed by atoms with van der Waals surface area (Å²) in [5, 5.41) is 11.3. The molecule has 0 atom stereocenters. The number of esters is 1. The molecule has 1 N–H and O–H groups in total. The van der Waals surface area contributed by atoms with Crippen LogP contribution >= 0.6 is 0 Å². The van der Waals surface area contributed by atoms with Crippen LogP contribution in [0.1, 0.15) is 24.8 Å². The van der Waals surface area contributed by atoms with Crippen LogP contribution < -0.4 is 5.32 Å². The van der Waals surface area contributed by atoms with E-state index in [0.29, 0.717) is 11.3 Å². The molecular formula is C14H14N2O3. The quantitative estimate of drug-likeness (QED) is 0.836. The molecular weight excluding hydrogens is 244 g/mol. The lowest BCUT2D eigenvalue weighted by Crippen LogP contribution is -2.28. The zero-order valence-corrected chi connectivity index (χ0v) is 10.4. The zero-order valence-electron chi connectivity index (χ0n) is 10.4. The Morgan fingerprint density at radius 1 is 1.42 bits per heavy atom. The third kappa shape index (κ3) is 3.55. The summed E-state index contributed by atoms with van der Waals surface area (Å²) < 4.78 is 4.92. The number of nitrogens with zero attached hydrogens (tertiary/aromatic N) is 1. The second-order valence-corrected chi connectivity index (χ2v) is 4.48. The summed E-state index contributed by atoms with van der Waals surface area (Å²) in [6.07, 6.45) is 2.75. The van der Waals surface area contributed by atoms with Gasteiger partial charge in [0.15, 0.2) is 6.61 Å². The Hall–Kier alpha value is -2.35. The maximum Gasteiger partial charge on any atom is 0.309 e. The van der Waals surface area contributed by atoms with Gasteiger partial charge >= 0.3 is 5.97 Å². The Balaban J connectivity index is 1.80. The van der Waals surface area contributed by atoms with Crippen LogP contribution in [-0.4, -0.2) is 18.5 Å². The average molecular weight is 258 g/mol. The number of carbonyl (C=O) groups excluding carboxylic acids is 2. The molecule has 1 aromatic rings. The molecule has 0 heterocycles. The Morgan fingerprint density at radius 2 is 2.21 bits per heavy atom. The summed E-state index contributed by atoms with van der Waals surface area (Å²) in [7, 11) is 0. The Bertz CT molecular complexity index is 530. The predicted octanol–water partition coefficient (Wildman–Crippen LogP) is 1.84. The van der Waals surface area contributed by atoms with E-state index in [1.807, 2.05) is 6.07 Å². The van der Waals surface area contributed by atoms with Crippen molar-refractivity contribution in [1.82, 2.24) is 0 Å². The molecule has 1 aliphatic carbocycles. The third-order valence-corrected chi connectivity index (χ3v) is 3.06. The molecule has 1 aliphatic rings. The van der Waals surface area contributed by atoms with Gasteiger partial charge in [0, 0.05) is 5.69 Å². The fraction of sp³-hybridized carbons (Fsp3) is 0.357. The van der Waals surface area contributed by atoms with E-state index in [1.54, 1.807) is 24.3 Å². The molecule has 0 bridgehead atoms. The standard InChI is InChI=1S/C14H14N2O3/c15-8-10-3-1-6-12(7-10)16-13(17)9-19-14(18)11-4-2-5-11/h1,3,6-7,11H,2,4-5,9H2,(H,16,17). The van der Waals surface area contributed by atoms with Gasteiger partial charge < -0.3 is 10.1 Å². The molecule has 1 aromatic carbocycles. The number of ether oxygens (including phenoxy) is 1. The molecule has 5 nitrogen and oxygen atoms in total. The fourth-order valence-electron chi connectivity index (χ4n) is 1.76. The summed E-state index contributed by atoms with van der Waals surface area (Å²) in [5.41, 5.74) is 0.980. The first-order chi connectivity index (χ1) is 9.19. The van der Waals surface area contributed by atoms with Gasteiger partial charge in [0.1, 0.15) is 0 Å². The van der Waals surface area contributed by atoms with E-state index in [0.717, 1.165) is 19.3 Å². The van der Waals surface area contributed by atoms with Crippen molar-refractivity contribution < 1.29 is 14.3 Å². The Labute approximate surface area is 111 Å². The van der Waals surface area contributed by atoms with Crippen LogP contribution in [0.3, 0.4) is 0 Å². The van der Waals surface area contributed by atoms with Gasteiger partial charge in [-0.1, -0.05) is 12.5 Å². The van der Waals surface area contributed by atoms with Crippen LogP contribution in [0.15, 0.2) is 24.3 Å². The van der Waals surface area contributed by atoms with Crippen LogP contribution in [0.4, 0.5) is 5.69 Å². The van der Waals surface area contributed by atoms with E-state index in [4.69, 9.17) is 10.00 Å². The lowest BCUT2D eigenvalue weighted by molar-refractivity contribution is -0.154. The van der Waals surface area contributed by atoms with Gasteiger partial charge in [-0.2, -0.15) is 5.26 Å². The van der Waals surface area contributed by atoms with E-state index in [9.17, 15) is 9.59 Å². The number of amides is 1. The molecule has 98 valence electrons. The smallest absolute Gasteiger partial charge is 0.309 e. The van der Waals surface area contributed by atoms with Crippen molar-refractivity contribution in [3.8, 4) is 6.07 Å². The second kappa shape index (κ2) is 6.01. The topological polar surface area (TPSA) is 79.2 Å². The maximum absolute atomic E-state index is 11.6. The van der Waals surface area contributed by atoms with Crippen LogP contribution in [0.5, 0.6) is 0 Å². The SMILES string of the molecule is N#Cc1cccc(NC(=O)COC(=O)C2CCC2)c1. The van der Waals surface area contributed by atoms with Crippen molar-refractivity contribution in [2.45, 2.75) is 19.3 Å². The summed E-state index contributed by atoms with van der Waals surface area (Å²) in [6.45, 7) is -0.286.